The SMILES string of the molecule is CN(Cc1ccc(Cl)c(F)c1)C(=O)N[C@@H]1CCC[C@@H](C(N)=O)C1. The van der Waals surface area contributed by atoms with Crippen molar-refractivity contribution in [3.8, 4) is 0 Å². The van der Waals surface area contributed by atoms with Crippen LogP contribution in [0.3, 0.4) is 0 Å². The Morgan fingerprint density at radius 1 is 1.43 bits per heavy atom. The first-order chi connectivity index (χ1) is 10.9. The Morgan fingerprint density at radius 2 is 2.17 bits per heavy atom. The van der Waals surface area contributed by atoms with Crippen molar-refractivity contribution in [3.63, 3.8) is 0 Å². The van der Waals surface area contributed by atoms with Crippen LogP contribution in [0.4, 0.5) is 9.18 Å². The van der Waals surface area contributed by atoms with Crippen molar-refractivity contribution in [2.45, 2.75) is 38.3 Å². The molecule has 2 rings (SSSR count). The van der Waals surface area contributed by atoms with Crippen molar-refractivity contribution >= 4 is 23.5 Å². The lowest BCUT2D eigenvalue weighted by Gasteiger charge is -2.29. The minimum absolute atomic E-state index is 0.0561. The van der Waals surface area contributed by atoms with E-state index in [1.54, 1.807) is 13.1 Å². The van der Waals surface area contributed by atoms with Crippen molar-refractivity contribution < 1.29 is 14.0 Å². The second-order valence-corrected chi connectivity index (χ2v) is 6.42. The van der Waals surface area contributed by atoms with Crippen molar-refractivity contribution in [1.82, 2.24) is 10.2 Å². The summed E-state index contributed by atoms with van der Waals surface area (Å²) in [7, 11) is 1.64. The maximum absolute atomic E-state index is 13.4. The summed E-state index contributed by atoms with van der Waals surface area (Å²) in [5.41, 5.74) is 6.00. The van der Waals surface area contributed by atoms with E-state index in [0.29, 0.717) is 12.0 Å². The van der Waals surface area contributed by atoms with Gasteiger partial charge in [0.1, 0.15) is 5.82 Å². The number of amides is 3. The van der Waals surface area contributed by atoms with Crippen LogP contribution in [0.1, 0.15) is 31.2 Å². The fraction of sp³-hybridized carbons (Fsp3) is 0.500. The standard InChI is InChI=1S/C16H21ClFN3O2/c1-21(9-10-5-6-13(17)14(18)7-10)16(23)20-12-4-2-3-11(8-12)15(19)22/h5-7,11-12H,2-4,8-9H2,1H3,(H2,19,22)(H,20,23)/t11-,12-/m1/s1. The molecule has 3 amide bonds. The molecule has 126 valence electrons. The zero-order valence-corrected chi connectivity index (χ0v) is 13.8. The van der Waals surface area contributed by atoms with Gasteiger partial charge >= 0.3 is 6.03 Å². The molecule has 1 aliphatic carbocycles. The monoisotopic (exact) mass is 341 g/mol. The molecular weight excluding hydrogens is 321 g/mol. The number of urea groups is 1. The van der Waals surface area contributed by atoms with Gasteiger partial charge in [0.2, 0.25) is 5.91 Å². The first kappa shape index (κ1) is 17.5. The predicted octanol–water partition coefficient (Wildman–Crippen LogP) is 2.66. The van der Waals surface area contributed by atoms with Gasteiger partial charge in [0.15, 0.2) is 0 Å². The number of hydrogen-bond donors (Lipinski definition) is 2. The summed E-state index contributed by atoms with van der Waals surface area (Å²) < 4.78 is 13.4. The van der Waals surface area contributed by atoms with Crippen LogP contribution in [-0.2, 0) is 11.3 Å². The Balaban J connectivity index is 1.89. The molecule has 1 aromatic carbocycles. The largest absolute Gasteiger partial charge is 0.369 e. The lowest BCUT2D eigenvalue weighted by molar-refractivity contribution is -0.122. The second kappa shape index (κ2) is 7.64. The molecule has 1 aliphatic rings. The summed E-state index contributed by atoms with van der Waals surface area (Å²) in [6.07, 6.45) is 3.05. The Hall–Kier alpha value is -1.82. The topological polar surface area (TPSA) is 75.4 Å². The number of halogens is 2. The molecule has 1 aromatic rings. The fourth-order valence-corrected chi connectivity index (χ4v) is 2.97. The summed E-state index contributed by atoms with van der Waals surface area (Å²) in [6.45, 7) is 0.270. The molecule has 0 radical (unpaired) electrons. The summed E-state index contributed by atoms with van der Waals surface area (Å²) in [5, 5.41) is 2.97. The zero-order valence-electron chi connectivity index (χ0n) is 13.0. The van der Waals surface area contributed by atoms with Gasteiger partial charge in [-0.25, -0.2) is 9.18 Å². The van der Waals surface area contributed by atoms with Gasteiger partial charge < -0.3 is 16.0 Å². The van der Waals surface area contributed by atoms with E-state index in [9.17, 15) is 14.0 Å². The first-order valence-electron chi connectivity index (χ1n) is 7.61. The normalized spacial score (nSPS) is 20.8. The molecule has 0 heterocycles. The average molecular weight is 342 g/mol. The lowest BCUT2D eigenvalue weighted by Crippen LogP contribution is -2.46. The molecule has 0 bridgehead atoms. The van der Waals surface area contributed by atoms with Crippen LogP contribution in [-0.4, -0.2) is 29.9 Å². The lowest BCUT2D eigenvalue weighted by atomic mass is 9.85. The summed E-state index contributed by atoms with van der Waals surface area (Å²) >= 11 is 5.64. The van der Waals surface area contributed by atoms with E-state index in [1.165, 1.54) is 17.0 Å². The zero-order chi connectivity index (χ0) is 17.0. The summed E-state index contributed by atoms with van der Waals surface area (Å²) in [5.74, 6) is -0.992. The van der Waals surface area contributed by atoms with E-state index < -0.39 is 5.82 Å². The first-order valence-corrected chi connectivity index (χ1v) is 7.99. The third-order valence-electron chi connectivity index (χ3n) is 4.15. The number of carbonyl (C=O) groups excluding carboxylic acids is 2. The number of nitrogens with one attached hydrogen (secondary N) is 1. The van der Waals surface area contributed by atoms with E-state index in [1.807, 2.05) is 0 Å². The molecule has 0 unspecified atom stereocenters. The molecular formula is C16H21ClFN3O2. The number of benzene rings is 1. The van der Waals surface area contributed by atoms with Gasteiger partial charge in [0.25, 0.3) is 0 Å². The highest BCUT2D eigenvalue weighted by molar-refractivity contribution is 6.30. The van der Waals surface area contributed by atoms with E-state index in [-0.39, 0.29) is 35.5 Å². The van der Waals surface area contributed by atoms with Crippen LogP contribution in [0.5, 0.6) is 0 Å². The molecule has 0 saturated heterocycles. The highest BCUT2D eigenvalue weighted by atomic mass is 35.5. The summed E-state index contributed by atoms with van der Waals surface area (Å²) in [6, 6.07) is 4.15. The summed E-state index contributed by atoms with van der Waals surface area (Å²) in [4.78, 5) is 25.0. The minimum Gasteiger partial charge on any atom is -0.369 e. The van der Waals surface area contributed by atoms with Crippen LogP contribution in [0, 0.1) is 11.7 Å². The van der Waals surface area contributed by atoms with Gasteiger partial charge in [-0.15, -0.1) is 0 Å². The van der Waals surface area contributed by atoms with Crippen LogP contribution in [0.2, 0.25) is 5.02 Å². The average Bonchev–Trinajstić information content (AvgIpc) is 2.51. The van der Waals surface area contributed by atoms with Crippen LogP contribution in [0.25, 0.3) is 0 Å². The van der Waals surface area contributed by atoms with Gasteiger partial charge in [-0.05, 0) is 37.0 Å². The molecule has 0 aromatic heterocycles. The maximum atomic E-state index is 13.4. The van der Waals surface area contributed by atoms with Crippen molar-refractivity contribution in [3.05, 3.63) is 34.6 Å². The smallest absolute Gasteiger partial charge is 0.317 e. The number of nitrogens with two attached hydrogens (primary N) is 1. The molecule has 5 nitrogen and oxygen atoms in total. The highest BCUT2D eigenvalue weighted by Gasteiger charge is 2.27. The Bertz CT molecular complexity index is 597. The van der Waals surface area contributed by atoms with Gasteiger partial charge in [-0.1, -0.05) is 24.1 Å². The predicted molar refractivity (Wildman–Crippen MR) is 86.3 cm³/mol. The molecule has 1 saturated carbocycles. The number of hydrogen-bond acceptors (Lipinski definition) is 2. The number of carbonyl (C=O) groups is 2. The number of rotatable bonds is 4. The van der Waals surface area contributed by atoms with Gasteiger partial charge in [-0.3, -0.25) is 4.79 Å². The number of primary amides is 1. The van der Waals surface area contributed by atoms with Crippen LogP contribution >= 0.6 is 11.6 Å². The third kappa shape index (κ3) is 4.82. The van der Waals surface area contributed by atoms with E-state index in [2.05, 4.69) is 5.32 Å². The quantitative estimate of drug-likeness (QED) is 0.883. The van der Waals surface area contributed by atoms with Crippen molar-refractivity contribution in [2.75, 3.05) is 7.05 Å². The van der Waals surface area contributed by atoms with Gasteiger partial charge in [-0.2, -0.15) is 0 Å². The molecule has 23 heavy (non-hydrogen) atoms. The molecule has 1 fully saturated rings. The molecule has 0 spiro atoms. The van der Waals surface area contributed by atoms with Crippen molar-refractivity contribution in [1.29, 1.82) is 0 Å². The molecule has 2 atom stereocenters. The van der Waals surface area contributed by atoms with E-state index >= 15 is 0 Å². The van der Waals surface area contributed by atoms with Crippen LogP contribution < -0.4 is 11.1 Å². The fourth-order valence-electron chi connectivity index (χ4n) is 2.85. The van der Waals surface area contributed by atoms with Crippen molar-refractivity contribution in [2.24, 2.45) is 11.7 Å². The minimum atomic E-state index is -0.505. The Kier molecular flexibility index (Phi) is 5.82. The van der Waals surface area contributed by atoms with E-state index in [4.69, 9.17) is 17.3 Å². The Morgan fingerprint density at radius 3 is 2.83 bits per heavy atom. The van der Waals surface area contributed by atoms with E-state index in [0.717, 1.165) is 19.3 Å². The van der Waals surface area contributed by atoms with Gasteiger partial charge in [0, 0.05) is 25.6 Å². The third-order valence-corrected chi connectivity index (χ3v) is 4.46. The molecule has 7 heteroatoms. The van der Waals surface area contributed by atoms with Crippen LogP contribution in [0.15, 0.2) is 18.2 Å². The second-order valence-electron chi connectivity index (χ2n) is 6.02. The molecule has 0 aliphatic heterocycles. The number of nitrogens with zero attached hydrogens (tertiary/aromatic N) is 1. The Labute approximate surface area is 140 Å². The highest BCUT2D eigenvalue weighted by Crippen LogP contribution is 2.24. The maximum Gasteiger partial charge on any atom is 0.317 e. The van der Waals surface area contributed by atoms with Gasteiger partial charge in [0.05, 0.1) is 5.02 Å². The molecule has 3 N–H and O–H groups in total.